The zero-order valence-corrected chi connectivity index (χ0v) is 12.0. The van der Waals surface area contributed by atoms with Gasteiger partial charge in [-0.2, -0.15) is 0 Å². The van der Waals surface area contributed by atoms with Gasteiger partial charge in [-0.1, -0.05) is 0 Å². The molecule has 2 heterocycles. The van der Waals surface area contributed by atoms with Gasteiger partial charge in [0, 0.05) is 7.11 Å². The molecule has 0 aliphatic carbocycles. The van der Waals surface area contributed by atoms with Crippen LogP contribution in [0.25, 0.3) is 0 Å². The SMILES string of the molecule is COCc1ccc(C(C)=Nc2nc(C)[nH]c(=O)c2C)o1. The first kappa shape index (κ1) is 14.2. The van der Waals surface area contributed by atoms with Crippen LogP contribution < -0.4 is 5.56 Å². The molecule has 0 aliphatic rings. The van der Waals surface area contributed by atoms with Crippen LogP contribution in [0.4, 0.5) is 5.82 Å². The van der Waals surface area contributed by atoms with Crippen molar-refractivity contribution < 1.29 is 9.15 Å². The predicted octanol–water partition coefficient (Wildman–Crippen LogP) is 2.27. The van der Waals surface area contributed by atoms with E-state index in [9.17, 15) is 4.79 Å². The van der Waals surface area contributed by atoms with E-state index in [2.05, 4.69) is 15.0 Å². The quantitative estimate of drug-likeness (QED) is 0.868. The maximum atomic E-state index is 11.7. The lowest BCUT2D eigenvalue weighted by molar-refractivity contribution is 0.164. The molecule has 0 fully saturated rings. The second-order valence-electron chi connectivity index (χ2n) is 4.50. The standard InChI is InChI=1S/C14H17N3O3/c1-8-13(16-10(3)17-14(8)18)15-9(2)12-6-5-11(20-12)7-19-4/h5-6H,7H2,1-4H3,(H,16,17,18). The van der Waals surface area contributed by atoms with Crippen LogP contribution in [0.15, 0.2) is 26.3 Å². The minimum absolute atomic E-state index is 0.177. The zero-order valence-electron chi connectivity index (χ0n) is 12.0. The molecule has 2 aromatic rings. The number of aromatic nitrogens is 2. The van der Waals surface area contributed by atoms with E-state index in [1.165, 1.54) is 0 Å². The summed E-state index contributed by atoms with van der Waals surface area (Å²) < 4.78 is 10.6. The van der Waals surface area contributed by atoms with Crippen LogP contribution in [0.2, 0.25) is 0 Å². The Kier molecular flexibility index (Phi) is 4.14. The Morgan fingerprint density at radius 2 is 2.20 bits per heavy atom. The average molecular weight is 275 g/mol. The van der Waals surface area contributed by atoms with Crippen LogP contribution in [0.5, 0.6) is 0 Å². The molecule has 0 unspecified atom stereocenters. The highest BCUT2D eigenvalue weighted by atomic mass is 16.5. The molecule has 0 saturated carbocycles. The number of hydrogen-bond acceptors (Lipinski definition) is 5. The number of H-pyrrole nitrogens is 1. The zero-order chi connectivity index (χ0) is 14.7. The molecule has 20 heavy (non-hydrogen) atoms. The van der Waals surface area contributed by atoms with Gasteiger partial charge >= 0.3 is 0 Å². The van der Waals surface area contributed by atoms with Crippen molar-refractivity contribution in [2.45, 2.75) is 27.4 Å². The Morgan fingerprint density at radius 1 is 1.45 bits per heavy atom. The monoisotopic (exact) mass is 275 g/mol. The number of hydrogen-bond donors (Lipinski definition) is 1. The van der Waals surface area contributed by atoms with E-state index in [-0.39, 0.29) is 5.56 Å². The molecule has 2 aromatic heterocycles. The molecule has 0 amide bonds. The van der Waals surface area contributed by atoms with Gasteiger partial charge < -0.3 is 14.1 Å². The summed E-state index contributed by atoms with van der Waals surface area (Å²) in [7, 11) is 1.61. The van der Waals surface area contributed by atoms with Gasteiger partial charge in [-0.25, -0.2) is 9.98 Å². The van der Waals surface area contributed by atoms with E-state index in [1.54, 1.807) is 21.0 Å². The van der Waals surface area contributed by atoms with Gasteiger partial charge in [0.25, 0.3) is 5.56 Å². The summed E-state index contributed by atoms with van der Waals surface area (Å²) in [6.07, 6.45) is 0. The molecule has 0 atom stereocenters. The molecule has 2 rings (SSSR count). The third-order valence-corrected chi connectivity index (χ3v) is 2.82. The first-order valence-corrected chi connectivity index (χ1v) is 6.22. The number of furan rings is 1. The lowest BCUT2D eigenvalue weighted by Crippen LogP contribution is -2.12. The first-order valence-electron chi connectivity index (χ1n) is 6.22. The van der Waals surface area contributed by atoms with Crippen LogP contribution in [0.3, 0.4) is 0 Å². The van der Waals surface area contributed by atoms with Crippen molar-refractivity contribution in [3.8, 4) is 0 Å². The highest BCUT2D eigenvalue weighted by molar-refractivity contribution is 5.97. The Morgan fingerprint density at radius 3 is 2.90 bits per heavy atom. The van der Waals surface area contributed by atoms with E-state index in [0.717, 1.165) is 5.76 Å². The van der Waals surface area contributed by atoms with Crippen LogP contribution in [0.1, 0.15) is 29.8 Å². The van der Waals surface area contributed by atoms with Crippen molar-refractivity contribution in [2.75, 3.05) is 7.11 Å². The predicted molar refractivity (Wildman–Crippen MR) is 75.6 cm³/mol. The number of methoxy groups -OCH3 is 1. The number of ether oxygens (including phenoxy) is 1. The number of aryl methyl sites for hydroxylation is 1. The minimum atomic E-state index is -0.177. The van der Waals surface area contributed by atoms with E-state index < -0.39 is 0 Å². The lowest BCUT2D eigenvalue weighted by atomic mass is 10.3. The van der Waals surface area contributed by atoms with E-state index in [1.807, 2.05) is 19.1 Å². The number of nitrogens with zero attached hydrogens (tertiary/aromatic N) is 2. The number of nitrogens with one attached hydrogen (secondary N) is 1. The highest BCUT2D eigenvalue weighted by Gasteiger charge is 2.08. The molecule has 0 aromatic carbocycles. The molecule has 0 bridgehead atoms. The second-order valence-corrected chi connectivity index (χ2v) is 4.50. The van der Waals surface area contributed by atoms with Crippen LogP contribution in [-0.4, -0.2) is 22.8 Å². The van der Waals surface area contributed by atoms with Crippen molar-refractivity contribution in [1.82, 2.24) is 9.97 Å². The fourth-order valence-electron chi connectivity index (χ4n) is 1.75. The van der Waals surface area contributed by atoms with Gasteiger partial charge in [0.1, 0.15) is 24.0 Å². The summed E-state index contributed by atoms with van der Waals surface area (Å²) in [5, 5.41) is 0. The van der Waals surface area contributed by atoms with E-state index in [4.69, 9.17) is 9.15 Å². The van der Waals surface area contributed by atoms with Crippen molar-refractivity contribution in [2.24, 2.45) is 4.99 Å². The molecule has 106 valence electrons. The normalized spacial score (nSPS) is 11.9. The maximum Gasteiger partial charge on any atom is 0.255 e. The molecule has 6 nitrogen and oxygen atoms in total. The van der Waals surface area contributed by atoms with Gasteiger partial charge in [0.2, 0.25) is 0 Å². The summed E-state index contributed by atoms with van der Waals surface area (Å²) in [4.78, 5) is 22.9. The summed E-state index contributed by atoms with van der Waals surface area (Å²) in [5.41, 5.74) is 0.968. The van der Waals surface area contributed by atoms with Crippen LogP contribution in [0, 0.1) is 13.8 Å². The molecule has 1 N–H and O–H groups in total. The molecular formula is C14H17N3O3. The van der Waals surface area contributed by atoms with E-state index >= 15 is 0 Å². The molecule has 0 spiro atoms. The molecule has 0 saturated heterocycles. The van der Waals surface area contributed by atoms with Gasteiger partial charge in [-0.05, 0) is 32.9 Å². The van der Waals surface area contributed by atoms with E-state index in [0.29, 0.717) is 35.3 Å². The van der Waals surface area contributed by atoms with Crippen molar-refractivity contribution in [3.63, 3.8) is 0 Å². The number of aliphatic imine (C=N–C) groups is 1. The Hall–Kier alpha value is -2.21. The topological polar surface area (TPSA) is 80.5 Å². The smallest absolute Gasteiger partial charge is 0.255 e. The molecule has 6 heteroatoms. The molecule has 0 radical (unpaired) electrons. The van der Waals surface area contributed by atoms with Crippen LogP contribution >= 0.6 is 0 Å². The molecular weight excluding hydrogens is 258 g/mol. The average Bonchev–Trinajstić information content (AvgIpc) is 2.84. The Bertz CT molecular complexity index is 698. The van der Waals surface area contributed by atoms with Crippen molar-refractivity contribution in [1.29, 1.82) is 0 Å². The van der Waals surface area contributed by atoms with Gasteiger partial charge in [0.15, 0.2) is 5.82 Å². The largest absolute Gasteiger partial charge is 0.457 e. The second kappa shape index (κ2) is 5.83. The third-order valence-electron chi connectivity index (χ3n) is 2.82. The molecule has 0 aliphatic heterocycles. The maximum absolute atomic E-state index is 11.7. The fraction of sp³-hybridized carbons (Fsp3) is 0.357. The third kappa shape index (κ3) is 3.03. The summed E-state index contributed by atoms with van der Waals surface area (Å²) in [6, 6.07) is 3.66. The fourth-order valence-corrected chi connectivity index (χ4v) is 1.75. The summed E-state index contributed by atoms with van der Waals surface area (Å²) >= 11 is 0. The first-order chi connectivity index (χ1) is 9.51. The van der Waals surface area contributed by atoms with Gasteiger partial charge in [-0.3, -0.25) is 4.79 Å². The Balaban J connectivity index is 2.36. The summed E-state index contributed by atoms with van der Waals surface area (Å²) in [6.45, 7) is 5.64. The highest BCUT2D eigenvalue weighted by Crippen LogP contribution is 2.15. The number of aromatic amines is 1. The lowest BCUT2D eigenvalue weighted by Gasteiger charge is -2.02. The van der Waals surface area contributed by atoms with Gasteiger partial charge in [-0.15, -0.1) is 0 Å². The van der Waals surface area contributed by atoms with Crippen LogP contribution in [-0.2, 0) is 11.3 Å². The summed E-state index contributed by atoms with van der Waals surface area (Å²) in [5.74, 6) is 2.31. The van der Waals surface area contributed by atoms with Gasteiger partial charge in [0.05, 0.1) is 11.3 Å². The minimum Gasteiger partial charge on any atom is -0.457 e. The Labute approximate surface area is 116 Å². The number of rotatable bonds is 4. The van der Waals surface area contributed by atoms with Crippen molar-refractivity contribution >= 4 is 11.5 Å². The van der Waals surface area contributed by atoms with Crippen molar-refractivity contribution in [3.05, 3.63) is 45.4 Å².